The summed E-state index contributed by atoms with van der Waals surface area (Å²) in [5.41, 5.74) is 0. The van der Waals surface area contributed by atoms with Crippen molar-refractivity contribution in [3.63, 3.8) is 0 Å². The minimum Gasteiger partial charge on any atom is -0.479 e. The van der Waals surface area contributed by atoms with Crippen molar-refractivity contribution in [2.24, 2.45) is 0 Å². The van der Waals surface area contributed by atoms with Gasteiger partial charge in [0.2, 0.25) is 0 Å². The summed E-state index contributed by atoms with van der Waals surface area (Å²) in [5.74, 6) is -0.461. The maximum Gasteiger partial charge on any atom is 0.344 e. The van der Waals surface area contributed by atoms with Crippen LogP contribution in [0.5, 0.6) is 5.75 Å². The fourth-order valence-corrected chi connectivity index (χ4v) is 1.92. The van der Waals surface area contributed by atoms with Crippen molar-refractivity contribution in [2.45, 2.75) is 26.4 Å². The molecular weight excluding hydrogens is 359 g/mol. The summed E-state index contributed by atoms with van der Waals surface area (Å²) in [6.07, 6.45) is 1.59. The number of hydrogen-bond acceptors (Lipinski definition) is 6. The van der Waals surface area contributed by atoms with Crippen LogP contribution in [0.3, 0.4) is 0 Å². The second-order valence-corrected chi connectivity index (χ2v) is 5.29. The number of rotatable bonds is 7. The van der Waals surface area contributed by atoms with E-state index < -0.39 is 18.4 Å². The standard InChI is InChI=1S/C14H14BrFN2O4/c1-2-3-12-17-13(22-18-12)7-21-14(19)8-20-11-5-4-9(15)6-10(11)16/h4-6H,2-3,7-8H2,1H3. The Morgan fingerprint density at radius 1 is 1.45 bits per heavy atom. The van der Waals surface area contributed by atoms with E-state index >= 15 is 0 Å². The summed E-state index contributed by atoms with van der Waals surface area (Å²) in [6, 6.07) is 4.27. The van der Waals surface area contributed by atoms with Gasteiger partial charge in [0.15, 0.2) is 30.6 Å². The van der Waals surface area contributed by atoms with Crippen LogP contribution in [0.2, 0.25) is 0 Å². The van der Waals surface area contributed by atoms with Gasteiger partial charge in [0.05, 0.1) is 0 Å². The molecule has 0 radical (unpaired) electrons. The molecule has 0 atom stereocenters. The molecule has 2 rings (SSSR count). The Morgan fingerprint density at radius 2 is 2.27 bits per heavy atom. The Hall–Kier alpha value is -1.96. The molecule has 0 aliphatic heterocycles. The van der Waals surface area contributed by atoms with Gasteiger partial charge in [-0.1, -0.05) is 28.0 Å². The number of halogens is 2. The number of nitrogens with zero attached hydrogens (tertiary/aromatic N) is 2. The van der Waals surface area contributed by atoms with Crippen molar-refractivity contribution in [3.05, 3.63) is 40.2 Å². The molecule has 22 heavy (non-hydrogen) atoms. The molecule has 0 saturated carbocycles. The van der Waals surface area contributed by atoms with E-state index in [2.05, 4.69) is 26.1 Å². The van der Waals surface area contributed by atoms with Crippen molar-refractivity contribution >= 4 is 21.9 Å². The van der Waals surface area contributed by atoms with Crippen molar-refractivity contribution in [2.75, 3.05) is 6.61 Å². The average molecular weight is 373 g/mol. The Kier molecular flexibility index (Phi) is 5.88. The predicted molar refractivity (Wildman–Crippen MR) is 77.7 cm³/mol. The summed E-state index contributed by atoms with van der Waals surface area (Å²) in [5, 5.41) is 3.73. The average Bonchev–Trinajstić information content (AvgIpc) is 2.92. The van der Waals surface area contributed by atoms with Gasteiger partial charge in [-0.15, -0.1) is 0 Å². The highest BCUT2D eigenvalue weighted by Gasteiger charge is 2.11. The van der Waals surface area contributed by atoms with Crippen LogP contribution in [0.15, 0.2) is 27.2 Å². The van der Waals surface area contributed by atoms with Gasteiger partial charge in [0, 0.05) is 10.9 Å². The topological polar surface area (TPSA) is 74.5 Å². The van der Waals surface area contributed by atoms with E-state index in [0.29, 0.717) is 16.7 Å². The maximum atomic E-state index is 13.5. The van der Waals surface area contributed by atoms with E-state index in [1.54, 1.807) is 6.07 Å². The first kappa shape index (κ1) is 16.4. The van der Waals surface area contributed by atoms with Gasteiger partial charge in [-0.05, 0) is 24.6 Å². The third-order valence-corrected chi connectivity index (χ3v) is 3.07. The first-order chi connectivity index (χ1) is 10.6. The highest BCUT2D eigenvalue weighted by molar-refractivity contribution is 9.10. The van der Waals surface area contributed by atoms with Crippen LogP contribution in [-0.4, -0.2) is 22.7 Å². The molecule has 0 saturated heterocycles. The molecule has 0 aliphatic carbocycles. The molecular formula is C14H14BrFN2O4. The van der Waals surface area contributed by atoms with Gasteiger partial charge in [-0.3, -0.25) is 0 Å². The highest BCUT2D eigenvalue weighted by Crippen LogP contribution is 2.21. The van der Waals surface area contributed by atoms with E-state index in [4.69, 9.17) is 14.0 Å². The van der Waals surface area contributed by atoms with Gasteiger partial charge in [0.1, 0.15) is 0 Å². The fourth-order valence-electron chi connectivity index (χ4n) is 1.59. The number of hydrogen-bond donors (Lipinski definition) is 0. The molecule has 0 unspecified atom stereocenters. The maximum absolute atomic E-state index is 13.5. The van der Waals surface area contributed by atoms with Gasteiger partial charge >= 0.3 is 5.97 Å². The van der Waals surface area contributed by atoms with Crippen LogP contribution in [0.4, 0.5) is 4.39 Å². The normalized spacial score (nSPS) is 10.5. The number of carbonyl (C=O) groups is 1. The predicted octanol–water partition coefficient (Wildman–Crippen LogP) is 3.05. The number of aromatic nitrogens is 2. The Labute approximate surface area is 134 Å². The SMILES string of the molecule is CCCc1noc(COC(=O)COc2ccc(Br)cc2F)n1. The molecule has 1 aromatic carbocycles. The Bertz CT molecular complexity index is 648. The monoisotopic (exact) mass is 372 g/mol. The lowest BCUT2D eigenvalue weighted by atomic mass is 10.3. The van der Waals surface area contributed by atoms with Gasteiger partial charge in [0.25, 0.3) is 5.89 Å². The molecule has 0 N–H and O–H groups in total. The fraction of sp³-hybridized carbons (Fsp3) is 0.357. The molecule has 8 heteroatoms. The Morgan fingerprint density at radius 3 is 3.00 bits per heavy atom. The molecule has 0 bridgehead atoms. The second kappa shape index (κ2) is 7.88. The summed E-state index contributed by atoms with van der Waals surface area (Å²) in [7, 11) is 0. The third kappa shape index (κ3) is 4.80. The van der Waals surface area contributed by atoms with Crippen LogP contribution < -0.4 is 4.74 Å². The Balaban J connectivity index is 1.77. The molecule has 0 spiro atoms. The van der Waals surface area contributed by atoms with E-state index in [0.717, 1.165) is 6.42 Å². The number of carbonyl (C=O) groups excluding carboxylic acids is 1. The van der Waals surface area contributed by atoms with E-state index in [1.165, 1.54) is 12.1 Å². The first-order valence-electron chi connectivity index (χ1n) is 6.63. The minimum absolute atomic E-state index is 0.0248. The summed E-state index contributed by atoms with van der Waals surface area (Å²) < 4.78 is 28.9. The van der Waals surface area contributed by atoms with Crippen LogP contribution >= 0.6 is 15.9 Å². The molecule has 2 aromatic rings. The quantitative estimate of drug-likeness (QED) is 0.695. The highest BCUT2D eigenvalue weighted by atomic mass is 79.9. The van der Waals surface area contributed by atoms with E-state index in [9.17, 15) is 9.18 Å². The minimum atomic E-state index is -0.655. The lowest BCUT2D eigenvalue weighted by Gasteiger charge is -2.06. The van der Waals surface area contributed by atoms with Crippen LogP contribution in [0.1, 0.15) is 25.1 Å². The molecule has 118 valence electrons. The lowest BCUT2D eigenvalue weighted by Crippen LogP contribution is -2.15. The first-order valence-corrected chi connectivity index (χ1v) is 7.42. The van der Waals surface area contributed by atoms with Gasteiger partial charge < -0.3 is 14.0 Å². The zero-order chi connectivity index (χ0) is 15.9. The van der Waals surface area contributed by atoms with Crippen LogP contribution in [-0.2, 0) is 22.6 Å². The molecule has 0 amide bonds. The zero-order valence-corrected chi connectivity index (χ0v) is 13.4. The molecule has 0 fully saturated rings. The van der Waals surface area contributed by atoms with Crippen LogP contribution in [0.25, 0.3) is 0 Å². The van der Waals surface area contributed by atoms with Crippen LogP contribution in [0, 0.1) is 5.82 Å². The van der Waals surface area contributed by atoms with E-state index in [1.807, 2.05) is 6.92 Å². The number of aryl methyl sites for hydroxylation is 1. The van der Waals surface area contributed by atoms with Gasteiger partial charge in [-0.2, -0.15) is 4.98 Å². The molecule has 0 aliphatic rings. The zero-order valence-electron chi connectivity index (χ0n) is 11.8. The van der Waals surface area contributed by atoms with Crippen molar-refractivity contribution in [1.29, 1.82) is 0 Å². The summed E-state index contributed by atoms with van der Waals surface area (Å²) in [4.78, 5) is 15.6. The second-order valence-electron chi connectivity index (χ2n) is 4.38. The summed E-state index contributed by atoms with van der Waals surface area (Å²) in [6.45, 7) is 1.45. The number of esters is 1. The number of ether oxygens (including phenoxy) is 2. The lowest BCUT2D eigenvalue weighted by molar-refractivity contribution is -0.148. The third-order valence-electron chi connectivity index (χ3n) is 2.58. The van der Waals surface area contributed by atoms with Gasteiger partial charge in [-0.25, -0.2) is 9.18 Å². The molecule has 1 heterocycles. The summed E-state index contributed by atoms with van der Waals surface area (Å²) >= 11 is 3.13. The van der Waals surface area contributed by atoms with E-state index in [-0.39, 0.29) is 18.2 Å². The van der Waals surface area contributed by atoms with Crippen molar-refractivity contribution < 1.29 is 23.2 Å². The largest absolute Gasteiger partial charge is 0.479 e. The van der Waals surface area contributed by atoms with Crippen molar-refractivity contribution in [1.82, 2.24) is 10.1 Å². The smallest absolute Gasteiger partial charge is 0.344 e. The number of benzene rings is 1. The molecule has 1 aromatic heterocycles. The molecule has 6 nitrogen and oxygen atoms in total. The van der Waals surface area contributed by atoms with Crippen molar-refractivity contribution in [3.8, 4) is 5.75 Å².